The number of rotatable bonds is 2. The van der Waals surface area contributed by atoms with Gasteiger partial charge in [0.25, 0.3) is 5.56 Å². The van der Waals surface area contributed by atoms with E-state index < -0.39 is 5.69 Å². The highest BCUT2D eigenvalue weighted by atomic mass is 16.2. The summed E-state index contributed by atoms with van der Waals surface area (Å²) >= 11 is 0. The van der Waals surface area contributed by atoms with Crippen LogP contribution in [-0.2, 0) is 7.05 Å². The smallest absolute Gasteiger partial charge is 0.307 e. The van der Waals surface area contributed by atoms with Gasteiger partial charge in [-0.3, -0.25) is 14.3 Å². The molecule has 3 N–H and O–H groups in total. The quantitative estimate of drug-likeness (QED) is 0.478. The minimum Gasteiger partial charge on any atom is -0.307 e. The third-order valence-electron chi connectivity index (χ3n) is 1.40. The average molecular weight is 170 g/mol. The van der Waals surface area contributed by atoms with Crippen molar-refractivity contribution in [3.63, 3.8) is 0 Å². The Kier molecular flexibility index (Phi) is 2.29. The Morgan fingerprint density at radius 3 is 2.67 bits per heavy atom. The number of H-pyrrole nitrogens is 1. The van der Waals surface area contributed by atoms with Gasteiger partial charge in [0, 0.05) is 20.2 Å². The van der Waals surface area contributed by atoms with Crippen LogP contribution < -0.4 is 22.1 Å². The zero-order valence-electron chi connectivity index (χ0n) is 6.84. The van der Waals surface area contributed by atoms with E-state index in [1.807, 2.05) is 0 Å². The molecule has 0 aromatic carbocycles. The average Bonchev–Trinajstić information content (AvgIpc) is 2.01. The molecule has 0 fully saturated rings. The summed E-state index contributed by atoms with van der Waals surface area (Å²) in [5, 5.41) is 0. The van der Waals surface area contributed by atoms with Gasteiger partial charge >= 0.3 is 5.69 Å². The monoisotopic (exact) mass is 170 g/mol. The number of hydrogen-bond donors (Lipinski definition) is 3. The van der Waals surface area contributed by atoms with Crippen LogP contribution in [-0.4, -0.2) is 16.6 Å². The second-order valence-corrected chi connectivity index (χ2v) is 2.26. The zero-order chi connectivity index (χ0) is 9.14. The third kappa shape index (κ3) is 1.54. The molecule has 12 heavy (non-hydrogen) atoms. The highest BCUT2D eigenvalue weighted by Gasteiger charge is 1.97. The molecule has 1 heterocycles. The minimum absolute atomic E-state index is 0.350. The number of hydrazine groups is 1. The van der Waals surface area contributed by atoms with Crippen LogP contribution in [0.4, 0.5) is 5.82 Å². The summed E-state index contributed by atoms with van der Waals surface area (Å²) in [6, 6.07) is 1.29. The van der Waals surface area contributed by atoms with E-state index in [2.05, 4.69) is 15.8 Å². The fourth-order valence-corrected chi connectivity index (χ4v) is 0.758. The van der Waals surface area contributed by atoms with Gasteiger partial charge in [-0.15, -0.1) is 0 Å². The Bertz CT molecular complexity index is 347. The molecule has 0 bridgehead atoms. The molecule has 0 saturated heterocycles. The molecule has 0 aliphatic rings. The molecule has 0 saturated carbocycles. The second kappa shape index (κ2) is 3.22. The van der Waals surface area contributed by atoms with E-state index in [1.165, 1.54) is 13.1 Å². The Morgan fingerprint density at radius 2 is 2.17 bits per heavy atom. The van der Waals surface area contributed by atoms with Gasteiger partial charge in [0.1, 0.15) is 5.82 Å². The molecule has 1 aromatic rings. The molecular weight excluding hydrogens is 160 g/mol. The minimum atomic E-state index is -0.444. The summed E-state index contributed by atoms with van der Waals surface area (Å²) in [6.07, 6.45) is 0. The molecule has 0 aliphatic heterocycles. The molecule has 0 spiro atoms. The number of aromatic nitrogens is 2. The summed E-state index contributed by atoms with van der Waals surface area (Å²) in [6.45, 7) is 0. The lowest BCUT2D eigenvalue weighted by atomic mass is 10.6. The number of nitrogens with one attached hydrogen (secondary N) is 3. The summed E-state index contributed by atoms with van der Waals surface area (Å²) in [4.78, 5) is 24.4. The standard InChI is InChI=1S/C6H10N4O2/c1-7-9-4-3-5(11)10(2)6(12)8-4/h3,7,9H,1-2H3,(H,8,12). The Hall–Kier alpha value is -1.56. The Morgan fingerprint density at radius 1 is 1.50 bits per heavy atom. The highest BCUT2D eigenvalue weighted by Crippen LogP contribution is 1.88. The maximum Gasteiger partial charge on any atom is 0.329 e. The van der Waals surface area contributed by atoms with Crippen molar-refractivity contribution in [3.8, 4) is 0 Å². The van der Waals surface area contributed by atoms with Gasteiger partial charge in [0.15, 0.2) is 0 Å². The number of aromatic amines is 1. The van der Waals surface area contributed by atoms with E-state index in [4.69, 9.17) is 0 Å². The van der Waals surface area contributed by atoms with Crippen molar-refractivity contribution < 1.29 is 0 Å². The second-order valence-electron chi connectivity index (χ2n) is 2.26. The number of hydrogen-bond acceptors (Lipinski definition) is 4. The maximum atomic E-state index is 11.0. The molecule has 66 valence electrons. The predicted octanol–water partition coefficient (Wildman–Crippen LogP) is -1.38. The van der Waals surface area contributed by atoms with Gasteiger partial charge < -0.3 is 5.43 Å². The Labute approximate surface area is 68.2 Å². The first-order valence-electron chi connectivity index (χ1n) is 3.38. The van der Waals surface area contributed by atoms with Crippen LogP contribution in [0.1, 0.15) is 0 Å². The van der Waals surface area contributed by atoms with Crippen LogP contribution in [0.3, 0.4) is 0 Å². The van der Waals surface area contributed by atoms with E-state index in [0.29, 0.717) is 5.82 Å². The molecule has 6 heteroatoms. The maximum absolute atomic E-state index is 11.0. The van der Waals surface area contributed by atoms with Crippen molar-refractivity contribution in [2.24, 2.45) is 7.05 Å². The fraction of sp³-hybridized carbons (Fsp3) is 0.333. The molecule has 0 amide bonds. The van der Waals surface area contributed by atoms with Crippen LogP contribution in [0.2, 0.25) is 0 Å². The fourth-order valence-electron chi connectivity index (χ4n) is 0.758. The molecule has 1 aromatic heterocycles. The van der Waals surface area contributed by atoms with Gasteiger partial charge in [-0.25, -0.2) is 10.2 Å². The topological polar surface area (TPSA) is 78.9 Å². The van der Waals surface area contributed by atoms with Gasteiger partial charge in [-0.2, -0.15) is 0 Å². The predicted molar refractivity (Wildman–Crippen MR) is 45.0 cm³/mol. The molecule has 1 rings (SSSR count). The highest BCUT2D eigenvalue weighted by molar-refractivity contribution is 5.29. The van der Waals surface area contributed by atoms with Gasteiger partial charge in [0.05, 0.1) is 0 Å². The lowest BCUT2D eigenvalue weighted by molar-refractivity contribution is 0.772. The van der Waals surface area contributed by atoms with Crippen molar-refractivity contribution in [3.05, 3.63) is 26.9 Å². The van der Waals surface area contributed by atoms with E-state index >= 15 is 0 Å². The molecule has 0 unspecified atom stereocenters. The first-order valence-corrected chi connectivity index (χ1v) is 3.38. The van der Waals surface area contributed by atoms with Crippen LogP contribution in [0.15, 0.2) is 15.7 Å². The summed E-state index contributed by atoms with van der Waals surface area (Å²) < 4.78 is 0.987. The van der Waals surface area contributed by atoms with E-state index in [-0.39, 0.29) is 5.56 Å². The van der Waals surface area contributed by atoms with Crippen molar-refractivity contribution in [2.45, 2.75) is 0 Å². The molecule has 0 atom stereocenters. The first kappa shape index (κ1) is 8.54. The third-order valence-corrected chi connectivity index (χ3v) is 1.40. The number of nitrogens with zero attached hydrogens (tertiary/aromatic N) is 1. The first-order chi connectivity index (χ1) is 5.65. The van der Waals surface area contributed by atoms with Crippen LogP contribution >= 0.6 is 0 Å². The number of anilines is 1. The van der Waals surface area contributed by atoms with Crippen LogP contribution in [0.25, 0.3) is 0 Å². The van der Waals surface area contributed by atoms with E-state index in [0.717, 1.165) is 4.57 Å². The summed E-state index contributed by atoms with van der Waals surface area (Å²) in [5.41, 5.74) is 4.39. The summed E-state index contributed by atoms with van der Waals surface area (Å²) in [7, 11) is 3.04. The normalized spacial score (nSPS) is 9.83. The molecular formula is C6H10N4O2. The largest absolute Gasteiger partial charge is 0.329 e. The zero-order valence-corrected chi connectivity index (χ0v) is 6.84. The molecule has 0 radical (unpaired) electrons. The lowest BCUT2D eigenvalue weighted by Crippen LogP contribution is -2.33. The van der Waals surface area contributed by atoms with Gasteiger partial charge in [-0.05, 0) is 0 Å². The molecule has 0 aliphatic carbocycles. The van der Waals surface area contributed by atoms with Gasteiger partial charge in [0.2, 0.25) is 0 Å². The lowest BCUT2D eigenvalue weighted by Gasteiger charge is -2.03. The SMILES string of the molecule is CNNc1cc(=O)n(C)c(=O)[nH]1. The summed E-state index contributed by atoms with van der Waals surface area (Å²) in [5.74, 6) is 0.352. The Balaban J connectivity index is 3.22. The van der Waals surface area contributed by atoms with Crippen molar-refractivity contribution in [1.82, 2.24) is 15.0 Å². The van der Waals surface area contributed by atoms with E-state index in [1.54, 1.807) is 7.05 Å². The van der Waals surface area contributed by atoms with Crippen molar-refractivity contribution in [1.29, 1.82) is 0 Å². The molecule has 6 nitrogen and oxygen atoms in total. The van der Waals surface area contributed by atoms with Gasteiger partial charge in [-0.1, -0.05) is 0 Å². The van der Waals surface area contributed by atoms with Crippen molar-refractivity contribution in [2.75, 3.05) is 12.5 Å². The van der Waals surface area contributed by atoms with Crippen LogP contribution in [0.5, 0.6) is 0 Å². The van der Waals surface area contributed by atoms with Crippen molar-refractivity contribution >= 4 is 5.82 Å². The van der Waals surface area contributed by atoms with Crippen LogP contribution in [0, 0.1) is 0 Å². The van der Waals surface area contributed by atoms with E-state index in [9.17, 15) is 9.59 Å².